The van der Waals surface area contributed by atoms with Crippen LogP contribution in [0.25, 0.3) is 0 Å². The van der Waals surface area contributed by atoms with Gasteiger partial charge in [0, 0.05) is 29.3 Å². The summed E-state index contributed by atoms with van der Waals surface area (Å²) in [5, 5.41) is 0.888. The van der Waals surface area contributed by atoms with E-state index in [1.807, 2.05) is 6.07 Å². The molecule has 0 saturated carbocycles. The maximum Gasteiger partial charge on any atom is 0.254 e. The summed E-state index contributed by atoms with van der Waals surface area (Å²) < 4.78 is 6.32. The molecule has 2 aromatic rings. The van der Waals surface area contributed by atoms with Gasteiger partial charge in [-0.1, -0.05) is 41.4 Å². The number of likely N-dealkylation sites (N-methyl/N-ethyl adjacent to an activating group) is 1. The second kappa shape index (κ2) is 6.29. The lowest BCUT2D eigenvalue weighted by Gasteiger charge is -2.45. The standard InChI is InChI=1S/C20H16Cl2N2O3/c1-12-9-18(25)24-11-19(26)23(2)17-8-7-13(21)10-15(17)20(24,27-12)14-5-3-4-6-16(14)22/h3-10H,11H2,1-2H3. The van der Waals surface area contributed by atoms with Gasteiger partial charge in [-0.15, -0.1) is 0 Å². The minimum Gasteiger partial charge on any atom is -0.464 e. The van der Waals surface area contributed by atoms with Crippen LogP contribution < -0.4 is 4.90 Å². The summed E-state index contributed by atoms with van der Waals surface area (Å²) in [5.41, 5.74) is 0.361. The van der Waals surface area contributed by atoms with Gasteiger partial charge in [-0.25, -0.2) is 0 Å². The minimum atomic E-state index is -1.39. The van der Waals surface area contributed by atoms with Crippen molar-refractivity contribution in [2.75, 3.05) is 18.5 Å². The van der Waals surface area contributed by atoms with Crippen LogP contribution in [0.2, 0.25) is 10.0 Å². The van der Waals surface area contributed by atoms with Crippen LogP contribution in [0.3, 0.4) is 0 Å². The quantitative estimate of drug-likeness (QED) is 0.725. The Hall–Kier alpha value is -2.50. The molecule has 2 heterocycles. The first-order chi connectivity index (χ1) is 12.8. The average Bonchev–Trinajstić information content (AvgIpc) is 2.71. The predicted octanol–water partition coefficient (Wildman–Crippen LogP) is 3.93. The lowest BCUT2D eigenvalue weighted by Crippen LogP contribution is -2.55. The van der Waals surface area contributed by atoms with E-state index in [1.165, 1.54) is 15.9 Å². The minimum absolute atomic E-state index is 0.156. The van der Waals surface area contributed by atoms with Crippen molar-refractivity contribution in [2.24, 2.45) is 0 Å². The van der Waals surface area contributed by atoms with Crippen LogP contribution in [-0.4, -0.2) is 30.3 Å². The van der Waals surface area contributed by atoms with E-state index >= 15 is 0 Å². The molecule has 0 radical (unpaired) electrons. The van der Waals surface area contributed by atoms with Crippen LogP contribution in [0.4, 0.5) is 5.69 Å². The zero-order valence-electron chi connectivity index (χ0n) is 14.7. The van der Waals surface area contributed by atoms with Crippen molar-refractivity contribution in [3.8, 4) is 0 Å². The van der Waals surface area contributed by atoms with E-state index < -0.39 is 5.72 Å². The van der Waals surface area contributed by atoms with Crippen molar-refractivity contribution >= 4 is 40.7 Å². The summed E-state index contributed by atoms with van der Waals surface area (Å²) in [4.78, 5) is 28.7. The van der Waals surface area contributed by atoms with Crippen molar-refractivity contribution in [3.05, 3.63) is 75.5 Å². The van der Waals surface area contributed by atoms with E-state index in [9.17, 15) is 9.59 Å². The Labute approximate surface area is 166 Å². The van der Waals surface area contributed by atoms with Gasteiger partial charge in [0.15, 0.2) is 0 Å². The highest BCUT2D eigenvalue weighted by molar-refractivity contribution is 6.32. The molecule has 2 amide bonds. The van der Waals surface area contributed by atoms with Crippen molar-refractivity contribution in [1.82, 2.24) is 4.90 Å². The maximum absolute atomic E-state index is 13.0. The fourth-order valence-electron chi connectivity index (χ4n) is 3.64. The SMILES string of the molecule is CC1=CC(=O)N2CC(=O)N(C)c3ccc(Cl)cc3C2(c2ccccc2Cl)O1. The van der Waals surface area contributed by atoms with Crippen molar-refractivity contribution < 1.29 is 14.3 Å². The number of carbonyl (C=O) groups excluding carboxylic acids is 2. The molecular formula is C20H16Cl2N2O3. The molecule has 1 atom stereocenters. The van der Waals surface area contributed by atoms with Crippen LogP contribution in [0.15, 0.2) is 54.3 Å². The Balaban J connectivity index is 2.15. The zero-order valence-corrected chi connectivity index (χ0v) is 16.2. The number of amides is 2. The first kappa shape index (κ1) is 17.9. The number of halogens is 2. The number of fused-ring (bicyclic) bond motifs is 3. The molecule has 0 spiro atoms. The second-order valence-electron chi connectivity index (χ2n) is 6.52. The van der Waals surface area contributed by atoms with Crippen LogP contribution in [0.1, 0.15) is 18.1 Å². The molecule has 0 bridgehead atoms. The van der Waals surface area contributed by atoms with Crippen LogP contribution in [0, 0.1) is 0 Å². The molecule has 138 valence electrons. The summed E-state index contributed by atoms with van der Waals surface area (Å²) in [6, 6.07) is 12.3. The number of hydrogen-bond acceptors (Lipinski definition) is 3. The largest absolute Gasteiger partial charge is 0.464 e. The Kier molecular flexibility index (Phi) is 4.17. The van der Waals surface area contributed by atoms with E-state index in [4.69, 9.17) is 27.9 Å². The molecule has 27 heavy (non-hydrogen) atoms. The lowest BCUT2D eigenvalue weighted by atomic mass is 9.89. The highest BCUT2D eigenvalue weighted by Crippen LogP contribution is 2.49. The molecule has 0 fully saturated rings. The Bertz CT molecular complexity index is 1000. The molecule has 1 unspecified atom stereocenters. The van der Waals surface area contributed by atoms with Crippen molar-refractivity contribution in [2.45, 2.75) is 12.6 Å². The first-order valence-corrected chi connectivity index (χ1v) is 9.10. The fourth-order valence-corrected chi connectivity index (χ4v) is 4.08. The summed E-state index contributed by atoms with van der Waals surface area (Å²) >= 11 is 12.8. The summed E-state index contributed by atoms with van der Waals surface area (Å²) in [6.45, 7) is 1.55. The zero-order chi connectivity index (χ0) is 19.3. The average molecular weight is 403 g/mol. The van der Waals surface area contributed by atoms with Crippen molar-refractivity contribution in [1.29, 1.82) is 0 Å². The monoisotopic (exact) mass is 402 g/mol. The topological polar surface area (TPSA) is 49.9 Å². The fraction of sp³-hybridized carbons (Fsp3) is 0.200. The lowest BCUT2D eigenvalue weighted by molar-refractivity contribution is -0.161. The summed E-state index contributed by atoms with van der Waals surface area (Å²) in [6.07, 6.45) is 1.37. The molecule has 2 aromatic carbocycles. The Morgan fingerprint density at radius 3 is 2.56 bits per heavy atom. The van der Waals surface area contributed by atoms with Gasteiger partial charge in [-0.3, -0.25) is 14.5 Å². The highest BCUT2D eigenvalue weighted by Gasteiger charge is 2.53. The van der Waals surface area contributed by atoms with Crippen molar-refractivity contribution in [3.63, 3.8) is 0 Å². The Morgan fingerprint density at radius 1 is 1.07 bits per heavy atom. The maximum atomic E-state index is 13.0. The number of anilines is 1. The molecule has 0 saturated heterocycles. The van der Waals surface area contributed by atoms with Crippen LogP contribution in [0.5, 0.6) is 0 Å². The number of hydrogen-bond donors (Lipinski definition) is 0. The number of nitrogens with zero attached hydrogens (tertiary/aromatic N) is 2. The summed E-state index contributed by atoms with van der Waals surface area (Å²) in [7, 11) is 1.67. The third-order valence-electron chi connectivity index (χ3n) is 4.87. The van der Waals surface area contributed by atoms with E-state index in [-0.39, 0.29) is 18.4 Å². The van der Waals surface area contributed by atoms with Gasteiger partial charge in [0.25, 0.3) is 5.91 Å². The van der Waals surface area contributed by atoms with E-state index in [1.54, 1.807) is 50.4 Å². The first-order valence-electron chi connectivity index (χ1n) is 8.35. The number of rotatable bonds is 1. The second-order valence-corrected chi connectivity index (χ2v) is 7.36. The highest BCUT2D eigenvalue weighted by atomic mass is 35.5. The molecule has 5 nitrogen and oxygen atoms in total. The Morgan fingerprint density at radius 2 is 1.81 bits per heavy atom. The predicted molar refractivity (Wildman–Crippen MR) is 104 cm³/mol. The molecule has 0 aromatic heterocycles. The molecule has 0 aliphatic carbocycles. The molecular weight excluding hydrogens is 387 g/mol. The van der Waals surface area contributed by atoms with Gasteiger partial charge >= 0.3 is 0 Å². The number of allylic oxidation sites excluding steroid dienone is 1. The van der Waals surface area contributed by atoms with Gasteiger partial charge in [0.1, 0.15) is 12.3 Å². The van der Waals surface area contributed by atoms with E-state index in [0.29, 0.717) is 32.6 Å². The normalized spacial score (nSPS) is 21.9. The molecule has 2 aliphatic heterocycles. The smallest absolute Gasteiger partial charge is 0.254 e. The molecule has 4 rings (SSSR count). The molecule has 7 heteroatoms. The van der Waals surface area contributed by atoms with E-state index in [0.717, 1.165) is 0 Å². The summed E-state index contributed by atoms with van der Waals surface area (Å²) in [5.74, 6) is -0.134. The van der Waals surface area contributed by atoms with Crippen LogP contribution in [-0.2, 0) is 20.1 Å². The van der Waals surface area contributed by atoms with Crippen LogP contribution >= 0.6 is 23.2 Å². The van der Waals surface area contributed by atoms with Gasteiger partial charge in [0.2, 0.25) is 11.6 Å². The molecule has 2 aliphatic rings. The van der Waals surface area contributed by atoms with Gasteiger partial charge < -0.3 is 9.64 Å². The third-order valence-corrected chi connectivity index (χ3v) is 5.44. The third kappa shape index (κ3) is 2.61. The van der Waals surface area contributed by atoms with Gasteiger partial charge in [-0.2, -0.15) is 0 Å². The number of ether oxygens (including phenoxy) is 1. The van der Waals surface area contributed by atoms with Gasteiger partial charge in [-0.05, 0) is 31.2 Å². The molecule has 0 N–H and O–H groups in total. The van der Waals surface area contributed by atoms with Gasteiger partial charge in [0.05, 0.1) is 10.7 Å². The number of carbonyl (C=O) groups is 2. The van der Waals surface area contributed by atoms with E-state index in [2.05, 4.69) is 0 Å². The number of benzene rings is 2.